The number of thiocarbonyl (C=S) groups is 1. The Morgan fingerprint density at radius 1 is 0.714 bits per heavy atom. The smallest absolute Gasteiger partial charge is 0.257 e. The molecule has 3 N–H and O–H groups in total. The molecule has 0 aliphatic carbocycles. The van der Waals surface area contributed by atoms with Crippen LogP contribution in [0.2, 0.25) is 0 Å². The lowest BCUT2D eigenvalue weighted by molar-refractivity contribution is 0.0976. The minimum Gasteiger partial charge on any atom is -0.332 e. The summed E-state index contributed by atoms with van der Waals surface area (Å²) >= 11 is 8.54. The van der Waals surface area contributed by atoms with Gasteiger partial charge in [0.15, 0.2) is 5.11 Å². The number of benzene rings is 3. The van der Waals surface area contributed by atoms with Gasteiger partial charge in [0.25, 0.3) is 11.8 Å². The Morgan fingerprint density at radius 2 is 1.36 bits per heavy atom. The highest BCUT2D eigenvalue weighted by molar-refractivity contribution is 9.10. The Hall–Kier alpha value is -3.03. The van der Waals surface area contributed by atoms with Crippen LogP contribution in [0.5, 0.6) is 0 Å². The van der Waals surface area contributed by atoms with Gasteiger partial charge in [-0.2, -0.15) is 0 Å². The van der Waals surface area contributed by atoms with Crippen LogP contribution in [0.3, 0.4) is 0 Å². The quantitative estimate of drug-likeness (QED) is 0.494. The number of nitrogens with one attached hydrogen (secondary N) is 3. The van der Waals surface area contributed by atoms with E-state index in [2.05, 4.69) is 31.9 Å². The van der Waals surface area contributed by atoms with Gasteiger partial charge in [0, 0.05) is 27.0 Å². The van der Waals surface area contributed by atoms with Gasteiger partial charge in [-0.05, 0) is 60.7 Å². The van der Waals surface area contributed by atoms with Gasteiger partial charge in [-0.25, -0.2) is 0 Å². The van der Waals surface area contributed by atoms with Crippen molar-refractivity contribution in [1.29, 1.82) is 0 Å². The molecule has 140 valence electrons. The van der Waals surface area contributed by atoms with Crippen LogP contribution in [0.4, 0.5) is 11.4 Å². The summed E-state index contributed by atoms with van der Waals surface area (Å²) in [5, 5.41) is 8.57. The molecule has 5 nitrogen and oxygen atoms in total. The second kappa shape index (κ2) is 9.25. The van der Waals surface area contributed by atoms with Gasteiger partial charge in [0.2, 0.25) is 0 Å². The molecule has 0 bridgehead atoms. The summed E-state index contributed by atoms with van der Waals surface area (Å²) in [6.07, 6.45) is 0. The normalized spacial score (nSPS) is 10.0. The lowest BCUT2D eigenvalue weighted by Crippen LogP contribution is -2.34. The molecule has 0 heterocycles. The van der Waals surface area contributed by atoms with E-state index in [1.807, 2.05) is 12.1 Å². The molecular formula is C21H16BrN3O2S. The number of carbonyl (C=O) groups excluding carboxylic acids is 2. The molecular weight excluding hydrogens is 438 g/mol. The highest BCUT2D eigenvalue weighted by atomic mass is 79.9. The van der Waals surface area contributed by atoms with Gasteiger partial charge in [-0.1, -0.05) is 46.3 Å². The Bertz CT molecular complexity index is 1020. The molecule has 3 rings (SSSR count). The third-order valence-electron chi connectivity index (χ3n) is 3.73. The predicted molar refractivity (Wildman–Crippen MR) is 119 cm³/mol. The largest absolute Gasteiger partial charge is 0.332 e. The highest BCUT2D eigenvalue weighted by Crippen LogP contribution is 2.16. The van der Waals surface area contributed by atoms with Crippen molar-refractivity contribution >= 4 is 56.4 Å². The highest BCUT2D eigenvalue weighted by Gasteiger charge is 2.09. The standard InChI is InChI=1S/C21H16BrN3O2S/c22-16-9-4-8-15(12-16)20(27)25-21(28)24-18-11-5-10-17(13-18)23-19(26)14-6-2-1-3-7-14/h1-13H,(H,23,26)(H2,24,25,27,28). The minimum atomic E-state index is -0.313. The van der Waals surface area contributed by atoms with Crippen LogP contribution in [-0.2, 0) is 0 Å². The maximum absolute atomic E-state index is 12.3. The van der Waals surface area contributed by atoms with E-state index >= 15 is 0 Å². The van der Waals surface area contributed by atoms with Crippen molar-refractivity contribution in [2.45, 2.75) is 0 Å². The van der Waals surface area contributed by atoms with Crippen LogP contribution < -0.4 is 16.0 Å². The maximum Gasteiger partial charge on any atom is 0.257 e. The van der Waals surface area contributed by atoms with E-state index < -0.39 is 0 Å². The van der Waals surface area contributed by atoms with Gasteiger partial charge in [-0.3, -0.25) is 14.9 Å². The summed E-state index contributed by atoms with van der Waals surface area (Å²) in [7, 11) is 0. The minimum absolute atomic E-state index is 0.163. The molecule has 2 amide bonds. The molecule has 0 saturated heterocycles. The number of carbonyl (C=O) groups is 2. The van der Waals surface area contributed by atoms with E-state index in [1.165, 1.54) is 0 Å². The number of hydrogen-bond acceptors (Lipinski definition) is 3. The molecule has 3 aromatic carbocycles. The molecule has 3 aromatic rings. The van der Waals surface area contributed by atoms with Crippen molar-refractivity contribution in [3.05, 3.63) is 94.5 Å². The molecule has 0 aromatic heterocycles. The van der Waals surface area contributed by atoms with Gasteiger partial charge >= 0.3 is 0 Å². The summed E-state index contributed by atoms with van der Waals surface area (Å²) in [4.78, 5) is 24.5. The molecule has 0 aliphatic heterocycles. The Balaban J connectivity index is 1.61. The summed E-state index contributed by atoms with van der Waals surface area (Å²) < 4.78 is 0.806. The fourth-order valence-corrected chi connectivity index (χ4v) is 3.04. The topological polar surface area (TPSA) is 70.2 Å². The first-order valence-electron chi connectivity index (χ1n) is 8.35. The zero-order valence-electron chi connectivity index (χ0n) is 14.6. The van der Waals surface area contributed by atoms with Crippen molar-refractivity contribution in [3.8, 4) is 0 Å². The average Bonchev–Trinajstić information content (AvgIpc) is 2.69. The molecule has 0 radical (unpaired) electrons. The van der Waals surface area contributed by atoms with Crippen LogP contribution in [0.15, 0.2) is 83.3 Å². The Labute approximate surface area is 176 Å². The number of anilines is 2. The third-order valence-corrected chi connectivity index (χ3v) is 4.43. The molecule has 0 atom stereocenters. The van der Waals surface area contributed by atoms with Crippen LogP contribution in [0.25, 0.3) is 0 Å². The number of amides is 2. The first-order valence-corrected chi connectivity index (χ1v) is 9.56. The summed E-state index contributed by atoms with van der Waals surface area (Å²) in [6, 6.07) is 23.0. The Morgan fingerprint density at radius 3 is 2.07 bits per heavy atom. The average molecular weight is 454 g/mol. The van der Waals surface area contributed by atoms with Crippen LogP contribution in [0.1, 0.15) is 20.7 Å². The van der Waals surface area contributed by atoms with E-state index in [-0.39, 0.29) is 16.9 Å². The first kappa shape index (κ1) is 19.7. The first-order chi connectivity index (χ1) is 13.5. The zero-order valence-corrected chi connectivity index (χ0v) is 17.0. The third kappa shape index (κ3) is 5.48. The number of rotatable bonds is 4. The molecule has 28 heavy (non-hydrogen) atoms. The van der Waals surface area contributed by atoms with Gasteiger partial charge < -0.3 is 10.6 Å². The predicted octanol–water partition coefficient (Wildman–Crippen LogP) is 4.83. The van der Waals surface area contributed by atoms with E-state index in [1.54, 1.807) is 66.7 Å². The van der Waals surface area contributed by atoms with Crippen LogP contribution >= 0.6 is 28.1 Å². The molecule has 7 heteroatoms. The molecule has 0 unspecified atom stereocenters. The van der Waals surface area contributed by atoms with E-state index in [4.69, 9.17) is 12.2 Å². The molecule has 0 fully saturated rings. The van der Waals surface area contributed by atoms with E-state index in [0.29, 0.717) is 22.5 Å². The number of hydrogen-bond donors (Lipinski definition) is 3. The monoisotopic (exact) mass is 453 g/mol. The van der Waals surface area contributed by atoms with Gasteiger partial charge in [-0.15, -0.1) is 0 Å². The summed E-state index contributed by atoms with van der Waals surface area (Å²) in [6.45, 7) is 0. The van der Waals surface area contributed by atoms with Crippen LogP contribution in [0, 0.1) is 0 Å². The molecule has 0 aliphatic rings. The van der Waals surface area contributed by atoms with Gasteiger partial charge in [0.1, 0.15) is 0 Å². The summed E-state index contributed by atoms with van der Waals surface area (Å²) in [5.41, 5.74) is 2.31. The maximum atomic E-state index is 12.3. The number of halogens is 1. The van der Waals surface area contributed by atoms with E-state index in [0.717, 1.165) is 4.47 Å². The fourth-order valence-electron chi connectivity index (χ4n) is 2.43. The van der Waals surface area contributed by atoms with Crippen molar-refractivity contribution in [3.63, 3.8) is 0 Å². The molecule has 0 saturated carbocycles. The summed E-state index contributed by atoms with van der Waals surface area (Å²) in [5.74, 6) is -0.518. The Kier molecular flexibility index (Phi) is 6.52. The molecule has 0 spiro atoms. The lowest BCUT2D eigenvalue weighted by Gasteiger charge is -2.11. The van der Waals surface area contributed by atoms with Crippen LogP contribution in [-0.4, -0.2) is 16.9 Å². The lowest BCUT2D eigenvalue weighted by atomic mass is 10.2. The van der Waals surface area contributed by atoms with Gasteiger partial charge in [0.05, 0.1) is 0 Å². The second-order valence-corrected chi connectivity index (χ2v) is 7.14. The van der Waals surface area contributed by atoms with Crippen molar-refractivity contribution < 1.29 is 9.59 Å². The van der Waals surface area contributed by atoms with Crippen molar-refractivity contribution in [1.82, 2.24) is 5.32 Å². The van der Waals surface area contributed by atoms with Crippen molar-refractivity contribution in [2.75, 3.05) is 10.6 Å². The zero-order chi connectivity index (χ0) is 19.9. The van der Waals surface area contributed by atoms with E-state index in [9.17, 15) is 9.59 Å². The second-order valence-electron chi connectivity index (χ2n) is 5.82. The fraction of sp³-hybridized carbons (Fsp3) is 0. The SMILES string of the molecule is O=C(NC(=S)Nc1cccc(NC(=O)c2ccccc2)c1)c1cccc(Br)c1. The van der Waals surface area contributed by atoms with Crippen molar-refractivity contribution in [2.24, 2.45) is 0 Å².